The van der Waals surface area contributed by atoms with E-state index in [2.05, 4.69) is 9.72 Å². The number of ether oxygens (including phenoxy) is 1. The second-order valence-corrected chi connectivity index (χ2v) is 5.70. The summed E-state index contributed by atoms with van der Waals surface area (Å²) in [7, 11) is 1.28. The van der Waals surface area contributed by atoms with Crippen molar-refractivity contribution in [1.29, 1.82) is 0 Å². The van der Waals surface area contributed by atoms with Gasteiger partial charge in [0.2, 0.25) is 0 Å². The maximum atomic E-state index is 12.2. The van der Waals surface area contributed by atoms with Crippen LogP contribution in [0.25, 0.3) is 22.6 Å². The number of hydrogen-bond donors (Lipinski definition) is 1. The van der Waals surface area contributed by atoms with Gasteiger partial charge >= 0.3 is 11.9 Å². The van der Waals surface area contributed by atoms with Crippen molar-refractivity contribution >= 4 is 40.3 Å². The van der Waals surface area contributed by atoms with Crippen LogP contribution in [0.4, 0.5) is 0 Å². The topological polar surface area (TPSA) is 93.6 Å². The number of carbonyl (C=O) groups is 3. The molecule has 6 heteroatoms. The lowest BCUT2D eigenvalue weighted by molar-refractivity contribution is -0.146. The van der Waals surface area contributed by atoms with Crippen molar-refractivity contribution < 1.29 is 24.2 Å². The predicted octanol–water partition coefficient (Wildman–Crippen LogP) is 3.22. The van der Waals surface area contributed by atoms with E-state index >= 15 is 0 Å². The molecule has 3 aromatic rings. The number of benzene rings is 2. The second kappa shape index (κ2) is 7.61. The lowest BCUT2D eigenvalue weighted by Gasteiger charge is -2.06. The molecular weight excluding hydrogens is 346 g/mol. The maximum absolute atomic E-state index is 12.2. The highest BCUT2D eigenvalue weighted by Crippen LogP contribution is 2.21. The number of para-hydroxylation sites is 1. The van der Waals surface area contributed by atoms with Gasteiger partial charge in [-0.05, 0) is 35.9 Å². The van der Waals surface area contributed by atoms with Crippen LogP contribution in [0.5, 0.6) is 0 Å². The first-order valence-electron chi connectivity index (χ1n) is 8.03. The van der Waals surface area contributed by atoms with Gasteiger partial charge in [-0.3, -0.25) is 4.79 Å². The second-order valence-electron chi connectivity index (χ2n) is 5.70. The summed E-state index contributed by atoms with van der Waals surface area (Å²) < 4.78 is 4.64. The summed E-state index contributed by atoms with van der Waals surface area (Å²) in [5, 5.41) is 10.1. The van der Waals surface area contributed by atoms with Crippen LogP contribution in [0.15, 0.2) is 60.7 Å². The van der Waals surface area contributed by atoms with E-state index in [9.17, 15) is 19.5 Å². The van der Waals surface area contributed by atoms with Crippen molar-refractivity contribution in [3.63, 3.8) is 0 Å². The fourth-order valence-electron chi connectivity index (χ4n) is 2.59. The first-order valence-corrected chi connectivity index (χ1v) is 8.03. The van der Waals surface area contributed by atoms with Crippen LogP contribution in [0.2, 0.25) is 0 Å². The van der Waals surface area contributed by atoms with Crippen molar-refractivity contribution in [3.8, 4) is 0 Å². The molecule has 0 unspecified atom stereocenters. The molecule has 2 aromatic carbocycles. The Bertz CT molecular complexity index is 1070. The zero-order valence-corrected chi connectivity index (χ0v) is 14.4. The molecule has 0 fully saturated rings. The number of ketones is 1. The van der Waals surface area contributed by atoms with E-state index in [0.717, 1.165) is 5.39 Å². The minimum Gasteiger partial charge on any atom is -0.475 e. The molecular formula is C21H15NO5. The molecule has 1 N–H and O–H groups in total. The number of pyridine rings is 1. The highest BCUT2D eigenvalue weighted by molar-refractivity contribution is 6.52. The van der Waals surface area contributed by atoms with E-state index < -0.39 is 17.7 Å². The van der Waals surface area contributed by atoms with Gasteiger partial charge in [0.15, 0.2) is 0 Å². The molecule has 3 rings (SSSR count). The molecule has 134 valence electrons. The fraction of sp³-hybridized carbons (Fsp3) is 0.0476. The Kier molecular flexibility index (Phi) is 5.08. The highest BCUT2D eigenvalue weighted by atomic mass is 16.5. The van der Waals surface area contributed by atoms with E-state index in [4.69, 9.17) is 0 Å². The maximum Gasteiger partial charge on any atom is 0.377 e. The normalized spacial score (nSPS) is 11.2. The monoisotopic (exact) mass is 361 g/mol. The number of carboxylic acid groups (broad SMARTS) is 1. The Hall–Kier alpha value is -3.80. The number of methoxy groups -OCH3 is 1. The van der Waals surface area contributed by atoms with Gasteiger partial charge in [0.25, 0.3) is 5.78 Å². The minimum atomic E-state index is -1.57. The number of nitrogens with zero attached hydrogens (tertiary/aromatic N) is 1. The standard InChI is InChI=1S/C21H15NO5/c1-27-21(26)15-8-6-13(7-9-15)12-16(19(23)20(24)25)18-11-10-14-4-2-3-5-17(14)22-18/h2-12H,1H3,(H,24,25)/b16-12-. The molecule has 0 aliphatic rings. The molecule has 6 nitrogen and oxygen atoms in total. The molecule has 0 spiro atoms. The van der Waals surface area contributed by atoms with E-state index in [-0.39, 0.29) is 11.3 Å². The number of carboxylic acids is 1. The van der Waals surface area contributed by atoms with Crippen molar-refractivity contribution in [2.75, 3.05) is 7.11 Å². The molecule has 0 atom stereocenters. The van der Waals surface area contributed by atoms with Crippen molar-refractivity contribution in [3.05, 3.63) is 77.5 Å². The minimum absolute atomic E-state index is 0.0425. The van der Waals surface area contributed by atoms with Gasteiger partial charge in [0.05, 0.1) is 29.5 Å². The number of fused-ring (bicyclic) bond motifs is 1. The Morgan fingerprint density at radius 1 is 0.963 bits per heavy atom. The van der Waals surface area contributed by atoms with Gasteiger partial charge in [-0.1, -0.05) is 36.4 Å². The first kappa shape index (κ1) is 18.0. The largest absolute Gasteiger partial charge is 0.475 e. The molecule has 1 heterocycles. The average Bonchev–Trinajstić information content (AvgIpc) is 2.71. The summed E-state index contributed by atoms with van der Waals surface area (Å²) in [6, 6.07) is 17.0. The molecule has 1 aromatic heterocycles. The lowest BCUT2D eigenvalue weighted by Crippen LogP contribution is -2.15. The lowest BCUT2D eigenvalue weighted by atomic mass is 10.0. The number of esters is 1. The number of aromatic nitrogens is 1. The van der Waals surface area contributed by atoms with E-state index in [1.54, 1.807) is 30.3 Å². The fourth-order valence-corrected chi connectivity index (χ4v) is 2.59. The number of carbonyl (C=O) groups excluding carboxylic acids is 2. The van der Waals surface area contributed by atoms with E-state index in [0.29, 0.717) is 16.6 Å². The van der Waals surface area contributed by atoms with Crippen molar-refractivity contribution in [2.24, 2.45) is 0 Å². The van der Waals surface area contributed by atoms with Crippen LogP contribution in [-0.4, -0.2) is 34.9 Å². The summed E-state index contributed by atoms with van der Waals surface area (Å²) in [6.07, 6.45) is 1.44. The Morgan fingerprint density at radius 2 is 1.67 bits per heavy atom. The van der Waals surface area contributed by atoms with Crippen molar-refractivity contribution in [1.82, 2.24) is 4.98 Å². The highest BCUT2D eigenvalue weighted by Gasteiger charge is 2.21. The van der Waals surface area contributed by atoms with Crippen LogP contribution in [0, 0.1) is 0 Å². The zero-order valence-electron chi connectivity index (χ0n) is 14.4. The van der Waals surface area contributed by atoms with Gasteiger partial charge < -0.3 is 9.84 Å². The Labute approximate surface area is 154 Å². The van der Waals surface area contributed by atoms with Gasteiger partial charge in [-0.15, -0.1) is 0 Å². The van der Waals surface area contributed by atoms with Crippen LogP contribution >= 0.6 is 0 Å². The summed E-state index contributed by atoms with van der Waals surface area (Å²) in [4.78, 5) is 39.4. The van der Waals surface area contributed by atoms with Crippen molar-refractivity contribution in [2.45, 2.75) is 0 Å². The third-order valence-corrected chi connectivity index (χ3v) is 3.96. The molecule has 0 aliphatic carbocycles. The van der Waals surface area contributed by atoms with E-state index in [1.807, 2.05) is 18.2 Å². The van der Waals surface area contributed by atoms with Crippen LogP contribution < -0.4 is 0 Å². The zero-order chi connectivity index (χ0) is 19.4. The van der Waals surface area contributed by atoms with Gasteiger partial charge in [0, 0.05) is 5.39 Å². The predicted molar refractivity (Wildman–Crippen MR) is 100 cm³/mol. The number of hydrogen-bond acceptors (Lipinski definition) is 5. The SMILES string of the molecule is COC(=O)c1ccc(/C=C(\C(=O)C(=O)O)c2ccc3ccccc3n2)cc1. The third-order valence-electron chi connectivity index (χ3n) is 3.96. The van der Waals surface area contributed by atoms with Gasteiger partial charge in [-0.2, -0.15) is 0 Å². The molecule has 0 amide bonds. The van der Waals surface area contributed by atoms with Crippen LogP contribution in [0.3, 0.4) is 0 Å². The smallest absolute Gasteiger partial charge is 0.377 e. The summed E-state index contributed by atoms with van der Waals surface area (Å²) in [5.74, 6) is -3.11. The summed E-state index contributed by atoms with van der Waals surface area (Å²) in [5.41, 5.74) is 1.78. The third kappa shape index (κ3) is 3.90. The summed E-state index contributed by atoms with van der Waals surface area (Å²) in [6.45, 7) is 0. The molecule has 0 bridgehead atoms. The molecule has 0 aliphatic heterocycles. The number of rotatable bonds is 5. The molecule has 0 saturated carbocycles. The summed E-state index contributed by atoms with van der Waals surface area (Å²) >= 11 is 0. The van der Waals surface area contributed by atoms with E-state index in [1.165, 1.54) is 25.3 Å². The molecule has 0 saturated heterocycles. The molecule has 0 radical (unpaired) electrons. The number of aliphatic carboxylic acids is 1. The quantitative estimate of drug-likeness (QED) is 0.426. The Morgan fingerprint density at radius 3 is 2.33 bits per heavy atom. The van der Waals surface area contributed by atoms with Crippen LogP contribution in [-0.2, 0) is 14.3 Å². The van der Waals surface area contributed by atoms with Crippen LogP contribution in [0.1, 0.15) is 21.6 Å². The molecule has 27 heavy (non-hydrogen) atoms. The first-order chi connectivity index (χ1) is 13.0. The van der Waals surface area contributed by atoms with Gasteiger partial charge in [-0.25, -0.2) is 14.6 Å². The number of Topliss-reactive ketones (excluding diaryl/α,β-unsaturated/α-hetero) is 1. The van der Waals surface area contributed by atoms with Gasteiger partial charge in [0.1, 0.15) is 0 Å². The Balaban J connectivity index is 2.07. The average molecular weight is 361 g/mol.